The van der Waals surface area contributed by atoms with Crippen molar-refractivity contribution in [3.05, 3.63) is 35.9 Å². The van der Waals surface area contributed by atoms with Gasteiger partial charge in [0.1, 0.15) is 0 Å². The van der Waals surface area contributed by atoms with E-state index in [1.165, 1.54) is 5.56 Å². The molecular weight excluding hydrogens is 266 g/mol. The first-order chi connectivity index (χ1) is 10.3. The summed E-state index contributed by atoms with van der Waals surface area (Å²) in [7, 11) is 1.68. The quantitative estimate of drug-likeness (QED) is 0.867. The van der Waals surface area contributed by atoms with Crippen LogP contribution >= 0.6 is 0 Å². The van der Waals surface area contributed by atoms with Gasteiger partial charge < -0.3 is 10.1 Å². The fourth-order valence-electron chi connectivity index (χ4n) is 3.26. The second kappa shape index (κ2) is 6.56. The summed E-state index contributed by atoms with van der Waals surface area (Å²) in [5, 5.41) is 2.69. The lowest BCUT2D eigenvalue weighted by molar-refractivity contribution is -0.121. The van der Waals surface area contributed by atoms with Crippen LogP contribution in [0, 0.1) is 0 Å². The molecule has 5 nitrogen and oxygen atoms in total. The van der Waals surface area contributed by atoms with E-state index in [4.69, 9.17) is 4.74 Å². The summed E-state index contributed by atoms with van der Waals surface area (Å²) in [6.07, 6.45) is 0.229. The third-order valence-corrected chi connectivity index (χ3v) is 4.37. The molecule has 1 aromatic carbocycles. The number of hydrogen-bond acceptors (Lipinski definition) is 4. The summed E-state index contributed by atoms with van der Waals surface area (Å²) in [5.74, 6) is 0.0725. The van der Waals surface area contributed by atoms with Crippen LogP contribution in [0.5, 0.6) is 0 Å². The molecule has 21 heavy (non-hydrogen) atoms. The van der Waals surface area contributed by atoms with Crippen molar-refractivity contribution in [2.75, 3.05) is 39.8 Å². The van der Waals surface area contributed by atoms with Gasteiger partial charge in [0.2, 0.25) is 5.91 Å². The van der Waals surface area contributed by atoms with Gasteiger partial charge in [0, 0.05) is 33.2 Å². The molecule has 5 heteroatoms. The molecule has 0 radical (unpaired) electrons. The number of ether oxygens (including phenoxy) is 1. The minimum atomic E-state index is 0.0725. The summed E-state index contributed by atoms with van der Waals surface area (Å²) in [6, 6.07) is 10.9. The molecule has 1 aromatic rings. The van der Waals surface area contributed by atoms with E-state index in [-0.39, 0.29) is 12.0 Å². The second-order valence-electron chi connectivity index (χ2n) is 5.80. The maximum absolute atomic E-state index is 11.5. The summed E-state index contributed by atoms with van der Waals surface area (Å²) in [5.41, 5.74) is 1.34. The summed E-state index contributed by atoms with van der Waals surface area (Å²) in [4.78, 5) is 16.2. The van der Waals surface area contributed by atoms with Crippen LogP contribution in [-0.2, 0) is 16.1 Å². The number of likely N-dealkylation sites (tertiary alicyclic amines) is 1. The van der Waals surface area contributed by atoms with E-state index in [9.17, 15) is 4.79 Å². The van der Waals surface area contributed by atoms with Gasteiger partial charge in [-0.05, 0) is 5.56 Å². The van der Waals surface area contributed by atoms with Crippen molar-refractivity contribution in [2.24, 2.45) is 0 Å². The molecule has 2 atom stereocenters. The standard InChI is InChI=1S/C16H23N3O2/c1-17-16(20)12-18-10-14-15(11-18)21-8-7-19(14)9-13-5-3-2-4-6-13/h2-6,14-15H,7-12H2,1H3,(H,17,20)/t14-,15-/m0/s1. The van der Waals surface area contributed by atoms with Crippen molar-refractivity contribution in [3.63, 3.8) is 0 Å². The van der Waals surface area contributed by atoms with Gasteiger partial charge >= 0.3 is 0 Å². The van der Waals surface area contributed by atoms with Gasteiger partial charge in [0.15, 0.2) is 0 Å². The first-order valence-corrected chi connectivity index (χ1v) is 7.59. The molecule has 114 valence electrons. The van der Waals surface area contributed by atoms with Crippen molar-refractivity contribution in [1.82, 2.24) is 15.1 Å². The lowest BCUT2D eigenvalue weighted by Gasteiger charge is -2.37. The van der Waals surface area contributed by atoms with Gasteiger partial charge in [-0.2, -0.15) is 0 Å². The van der Waals surface area contributed by atoms with Gasteiger partial charge in [0.25, 0.3) is 0 Å². The van der Waals surface area contributed by atoms with Gasteiger partial charge in [-0.3, -0.25) is 14.6 Å². The number of likely N-dealkylation sites (N-methyl/N-ethyl adjacent to an activating group) is 1. The number of amides is 1. The van der Waals surface area contributed by atoms with Gasteiger partial charge in [-0.15, -0.1) is 0 Å². The molecule has 0 spiro atoms. The van der Waals surface area contributed by atoms with Gasteiger partial charge in [0.05, 0.1) is 25.3 Å². The molecular formula is C16H23N3O2. The van der Waals surface area contributed by atoms with Gasteiger partial charge in [-0.1, -0.05) is 30.3 Å². The van der Waals surface area contributed by atoms with E-state index in [0.717, 1.165) is 32.8 Å². The fourth-order valence-corrected chi connectivity index (χ4v) is 3.26. The fraction of sp³-hybridized carbons (Fsp3) is 0.562. The van der Waals surface area contributed by atoms with E-state index >= 15 is 0 Å². The Balaban J connectivity index is 1.63. The van der Waals surface area contributed by atoms with Crippen LogP contribution in [0.3, 0.4) is 0 Å². The lowest BCUT2D eigenvalue weighted by atomic mass is 10.1. The van der Waals surface area contributed by atoms with E-state index in [0.29, 0.717) is 12.6 Å². The number of carbonyl (C=O) groups is 1. The van der Waals surface area contributed by atoms with E-state index in [1.54, 1.807) is 7.05 Å². The number of carbonyl (C=O) groups excluding carboxylic acids is 1. The highest BCUT2D eigenvalue weighted by Gasteiger charge is 2.40. The van der Waals surface area contributed by atoms with Crippen molar-refractivity contribution >= 4 is 5.91 Å². The topological polar surface area (TPSA) is 44.8 Å². The molecule has 1 N–H and O–H groups in total. The smallest absolute Gasteiger partial charge is 0.233 e. The normalized spacial score (nSPS) is 26.5. The number of fused-ring (bicyclic) bond motifs is 1. The Labute approximate surface area is 125 Å². The number of morpholine rings is 1. The predicted molar refractivity (Wildman–Crippen MR) is 80.9 cm³/mol. The third-order valence-electron chi connectivity index (χ3n) is 4.37. The SMILES string of the molecule is CNC(=O)CN1C[C@@H]2OCCN(Cc3ccccc3)[C@H]2C1. The van der Waals surface area contributed by atoms with Crippen LogP contribution < -0.4 is 5.32 Å². The number of benzene rings is 1. The first-order valence-electron chi connectivity index (χ1n) is 7.59. The minimum Gasteiger partial charge on any atom is -0.374 e. The molecule has 2 saturated heterocycles. The number of hydrogen-bond donors (Lipinski definition) is 1. The second-order valence-corrected chi connectivity index (χ2v) is 5.80. The molecule has 0 saturated carbocycles. The Morgan fingerprint density at radius 2 is 2.14 bits per heavy atom. The average Bonchev–Trinajstić information content (AvgIpc) is 2.91. The summed E-state index contributed by atoms with van der Waals surface area (Å²) >= 11 is 0. The number of nitrogens with zero attached hydrogens (tertiary/aromatic N) is 2. The van der Waals surface area contributed by atoms with E-state index in [1.807, 2.05) is 6.07 Å². The molecule has 2 heterocycles. The Bertz CT molecular complexity index is 480. The minimum absolute atomic E-state index is 0.0725. The first kappa shape index (κ1) is 14.5. The Morgan fingerprint density at radius 3 is 2.90 bits per heavy atom. The highest BCUT2D eigenvalue weighted by atomic mass is 16.5. The van der Waals surface area contributed by atoms with Crippen molar-refractivity contribution < 1.29 is 9.53 Å². The molecule has 0 unspecified atom stereocenters. The highest BCUT2D eigenvalue weighted by molar-refractivity contribution is 5.77. The van der Waals surface area contributed by atoms with Crippen molar-refractivity contribution in [3.8, 4) is 0 Å². The molecule has 2 fully saturated rings. The average molecular weight is 289 g/mol. The van der Waals surface area contributed by atoms with Crippen LogP contribution in [-0.4, -0.2) is 67.7 Å². The van der Waals surface area contributed by atoms with Crippen molar-refractivity contribution in [2.45, 2.75) is 18.7 Å². The Kier molecular flexibility index (Phi) is 4.53. The molecule has 3 rings (SSSR count). The lowest BCUT2D eigenvalue weighted by Crippen LogP contribution is -2.50. The third kappa shape index (κ3) is 3.43. The maximum atomic E-state index is 11.5. The zero-order valence-electron chi connectivity index (χ0n) is 12.5. The van der Waals surface area contributed by atoms with Crippen LogP contribution in [0.25, 0.3) is 0 Å². The molecule has 2 aliphatic rings. The predicted octanol–water partition coefficient (Wildman–Crippen LogP) is 0.318. The Morgan fingerprint density at radius 1 is 1.33 bits per heavy atom. The molecule has 1 amide bonds. The van der Waals surface area contributed by atoms with Crippen LogP contribution in [0.15, 0.2) is 30.3 Å². The van der Waals surface area contributed by atoms with Crippen LogP contribution in [0.1, 0.15) is 5.56 Å². The highest BCUT2D eigenvalue weighted by Crippen LogP contribution is 2.24. The molecule has 2 aliphatic heterocycles. The number of rotatable bonds is 4. The number of nitrogens with one attached hydrogen (secondary N) is 1. The summed E-state index contributed by atoms with van der Waals surface area (Å²) in [6.45, 7) is 4.92. The van der Waals surface area contributed by atoms with E-state index in [2.05, 4.69) is 39.4 Å². The molecule has 0 aromatic heterocycles. The molecule has 0 aliphatic carbocycles. The van der Waals surface area contributed by atoms with Crippen LogP contribution in [0.2, 0.25) is 0 Å². The maximum Gasteiger partial charge on any atom is 0.233 e. The monoisotopic (exact) mass is 289 g/mol. The largest absolute Gasteiger partial charge is 0.374 e. The van der Waals surface area contributed by atoms with Crippen molar-refractivity contribution in [1.29, 1.82) is 0 Å². The van der Waals surface area contributed by atoms with Gasteiger partial charge in [-0.25, -0.2) is 0 Å². The summed E-state index contributed by atoms with van der Waals surface area (Å²) < 4.78 is 5.90. The zero-order valence-corrected chi connectivity index (χ0v) is 12.5. The van der Waals surface area contributed by atoms with Crippen LogP contribution in [0.4, 0.5) is 0 Å². The zero-order chi connectivity index (χ0) is 14.7. The molecule has 0 bridgehead atoms. The Hall–Kier alpha value is -1.43. The van der Waals surface area contributed by atoms with E-state index < -0.39 is 0 Å².